The van der Waals surface area contributed by atoms with Crippen LogP contribution in [0.4, 0.5) is 0 Å². The normalized spacial score (nSPS) is 21.8. The molecule has 1 aliphatic rings. The highest BCUT2D eigenvalue weighted by Gasteiger charge is 2.22. The standard InChI is InChI=1S/C6H11N3OS2/c7-6(11)9-8-5(10)4-2-1-3-12-4/h4H,1-3H2,(H,8,10)(H3,7,9,11). The molecule has 0 saturated carbocycles. The molecule has 0 aromatic carbocycles. The molecule has 1 fully saturated rings. The fourth-order valence-corrected chi connectivity index (χ4v) is 2.20. The Kier molecular flexibility index (Phi) is 3.61. The van der Waals surface area contributed by atoms with E-state index >= 15 is 0 Å². The molecular formula is C6H11N3OS2. The summed E-state index contributed by atoms with van der Waals surface area (Å²) < 4.78 is 0. The van der Waals surface area contributed by atoms with E-state index in [1.165, 1.54) is 0 Å². The van der Waals surface area contributed by atoms with Crippen LogP contribution in [0.15, 0.2) is 0 Å². The molecule has 1 saturated heterocycles. The molecule has 1 heterocycles. The summed E-state index contributed by atoms with van der Waals surface area (Å²) in [5, 5.41) is 0.151. The van der Waals surface area contributed by atoms with Gasteiger partial charge in [-0.1, -0.05) is 0 Å². The van der Waals surface area contributed by atoms with Crippen molar-refractivity contribution in [1.29, 1.82) is 0 Å². The Morgan fingerprint density at radius 1 is 1.58 bits per heavy atom. The van der Waals surface area contributed by atoms with E-state index in [2.05, 4.69) is 23.1 Å². The third kappa shape index (κ3) is 2.86. The van der Waals surface area contributed by atoms with E-state index in [0.717, 1.165) is 18.6 Å². The minimum atomic E-state index is -0.0368. The highest BCUT2D eigenvalue weighted by Crippen LogP contribution is 2.25. The minimum Gasteiger partial charge on any atom is -0.375 e. The Hall–Kier alpha value is -0.490. The van der Waals surface area contributed by atoms with E-state index in [0.29, 0.717) is 0 Å². The van der Waals surface area contributed by atoms with Crippen LogP contribution in [-0.4, -0.2) is 22.0 Å². The smallest absolute Gasteiger partial charge is 0.251 e. The fraction of sp³-hybridized carbons (Fsp3) is 0.667. The lowest BCUT2D eigenvalue weighted by Crippen LogP contribution is -2.47. The second-order valence-electron chi connectivity index (χ2n) is 2.48. The molecule has 4 nitrogen and oxygen atoms in total. The average Bonchev–Trinajstić information content (AvgIpc) is 2.51. The summed E-state index contributed by atoms with van der Waals surface area (Å²) in [4.78, 5) is 11.2. The first-order valence-electron chi connectivity index (χ1n) is 3.67. The van der Waals surface area contributed by atoms with Gasteiger partial charge in [-0.25, -0.2) is 0 Å². The summed E-state index contributed by atoms with van der Waals surface area (Å²) in [5.74, 6) is 1.02. The molecular weight excluding hydrogens is 194 g/mol. The van der Waals surface area contributed by atoms with Gasteiger partial charge in [0.1, 0.15) is 0 Å². The van der Waals surface area contributed by atoms with Crippen LogP contribution in [0.3, 0.4) is 0 Å². The SMILES string of the molecule is NC(=S)NNC(=O)C1CCCS1. The number of hydrogen-bond acceptors (Lipinski definition) is 3. The summed E-state index contributed by atoms with van der Waals surface area (Å²) in [6, 6.07) is 0. The summed E-state index contributed by atoms with van der Waals surface area (Å²) in [5.41, 5.74) is 10.0. The van der Waals surface area contributed by atoms with Gasteiger partial charge in [-0.3, -0.25) is 15.6 Å². The molecule has 1 atom stereocenters. The number of rotatable bonds is 1. The Bertz CT molecular complexity index is 191. The van der Waals surface area contributed by atoms with Crippen molar-refractivity contribution in [3.05, 3.63) is 0 Å². The van der Waals surface area contributed by atoms with Crippen LogP contribution in [0.1, 0.15) is 12.8 Å². The fourth-order valence-electron chi connectivity index (χ4n) is 0.988. The van der Waals surface area contributed by atoms with Crippen molar-refractivity contribution >= 4 is 35.0 Å². The molecule has 0 bridgehead atoms. The Morgan fingerprint density at radius 3 is 2.83 bits per heavy atom. The zero-order valence-electron chi connectivity index (χ0n) is 6.50. The molecule has 4 N–H and O–H groups in total. The van der Waals surface area contributed by atoms with Crippen molar-refractivity contribution < 1.29 is 4.79 Å². The summed E-state index contributed by atoms with van der Waals surface area (Å²) >= 11 is 6.20. The van der Waals surface area contributed by atoms with Crippen LogP contribution in [0.5, 0.6) is 0 Å². The Morgan fingerprint density at radius 2 is 2.33 bits per heavy atom. The molecule has 1 aliphatic heterocycles. The van der Waals surface area contributed by atoms with Crippen LogP contribution in [-0.2, 0) is 4.79 Å². The van der Waals surface area contributed by atoms with E-state index in [1.807, 2.05) is 0 Å². The number of hydrazine groups is 1. The van der Waals surface area contributed by atoms with Crippen molar-refractivity contribution in [1.82, 2.24) is 10.9 Å². The number of nitrogens with two attached hydrogens (primary N) is 1. The minimum absolute atomic E-state index is 0.0368. The van der Waals surface area contributed by atoms with Crippen LogP contribution in [0.2, 0.25) is 0 Å². The van der Waals surface area contributed by atoms with Gasteiger partial charge in [0.25, 0.3) is 5.91 Å². The molecule has 0 aliphatic carbocycles. The molecule has 0 aromatic rings. The van der Waals surface area contributed by atoms with E-state index in [1.54, 1.807) is 11.8 Å². The number of carbonyl (C=O) groups excluding carboxylic acids is 1. The van der Waals surface area contributed by atoms with E-state index in [9.17, 15) is 4.79 Å². The number of nitrogens with one attached hydrogen (secondary N) is 2. The van der Waals surface area contributed by atoms with Crippen LogP contribution < -0.4 is 16.6 Å². The maximum Gasteiger partial charge on any atom is 0.251 e. The lowest BCUT2D eigenvalue weighted by molar-refractivity contribution is -0.121. The molecule has 12 heavy (non-hydrogen) atoms. The van der Waals surface area contributed by atoms with Gasteiger partial charge in [-0.2, -0.15) is 0 Å². The van der Waals surface area contributed by atoms with Gasteiger partial charge in [0.15, 0.2) is 5.11 Å². The maximum absolute atomic E-state index is 11.2. The Labute approximate surface area is 80.6 Å². The second-order valence-corrected chi connectivity index (χ2v) is 4.23. The van der Waals surface area contributed by atoms with Crippen LogP contribution in [0.25, 0.3) is 0 Å². The predicted molar refractivity (Wildman–Crippen MR) is 53.5 cm³/mol. The number of amides is 1. The Balaban J connectivity index is 2.23. The lowest BCUT2D eigenvalue weighted by Gasteiger charge is -2.09. The number of thiocarbonyl (C=S) groups is 1. The molecule has 68 valence electrons. The zero-order chi connectivity index (χ0) is 8.97. The van der Waals surface area contributed by atoms with Gasteiger partial charge in [0.05, 0.1) is 5.25 Å². The topological polar surface area (TPSA) is 67.2 Å². The molecule has 0 radical (unpaired) electrons. The first-order chi connectivity index (χ1) is 5.70. The van der Waals surface area contributed by atoms with E-state index < -0.39 is 0 Å². The van der Waals surface area contributed by atoms with E-state index in [-0.39, 0.29) is 16.3 Å². The van der Waals surface area contributed by atoms with Crippen molar-refractivity contribution in [2.45, 2.75) is 18.1 Å². The second kappa shape index (κ2) is 4.51. The highest BCUT2D eigenvalue weighted by molar-refractivity contribution is 8.00. The molecule has 1 unspecified atom stereocenters. The van der Waals surface area contributed by atoms with E-state index in [4.69, 9.17) is 5.73 Å². The maximum atomic E-state index is 11.2. The van der Waals surface area contributed by atoms with Gasteiger partial charge in [-0.15, -0.1) is 11.8 Å². The zero-order valence-corrected chi connectivity index (χ0v) is 8.13. The lowest BCUT2D eigenvalue weighted by atomic mass is 10.2. The van der Waals surface area contributed by atoms with Crippen molar-refractivity contribution in [3.8, 4) is 0 Å². The number of hydrogen-bond donors (Lipinski definition) is 3. The number of carbonyl (C=O) groups is 1. The van der Waals surface area contributed by atoms with Crippen molar-refractivity contribution in [2.24, 2.45) is 5.73 Å². The molecule has 1 amide bonds. The van der Waals surface area contributed by atoms with Crippen LogP contribution in [0, 0.1) is 0 Å². The summed E-state index contributed by atoms with van der Waals surface area (Å²) in [6.45, 7) is 0. The first-order valence-corrected chi connectivity index (χ1v) is 5.13. The van der Waals surface area contributed by atoms with Gasteiger partial charge in [0, 0.05) is 0 Å². The quantitative estimate of drug-likeness (QED) is 0.407. The van der Waals surface area contributed by atoms with Gasteiger partial charge >= 0.3 is 0 Å². The monoisotopic (exact) mass is 205 g/mol. The number of thioether (sulfide) groups is 1. The summed E-state index contributed by atoms with van der Waals surface area (Å²) in [6.07, 6.45) is 2.05. The molecule has 1 rings (SSSR count). The third-order valence-electron chi connectivity index (χ3n) is 1.53. The van der Waals surface area contributed by atoms with Gasteiger partial charge < -0.3 is 5.73 Å². The summed E-state index contributed by atoms with van der Waals surface area (Å²) in [7, 11) is 0. The van der Waals surface area contributed by atoms with Crippen LogP contribution >= 0.6 is 24.0 Å². The molecule has 0 spiro atoms. The molecule has 6 heteroatoms. The molecule has 0 aromatic heterocycles. The average molecular weight is 205 g/mol. The van der Waals surface area contributed by atoms with Crippen molar-refractivity contribution in [3.63, 3.8) is 0 Å². The first kappa shape index (κ1) is 9.60. The third-order valence-corrected chi connectivity index (χ3v) is 3.01. The largest absolute Gasteiger partial charge is 0.375 e. The van der Waals surface area contributed by atoms with Gasteiger partial charge in [-0.05, 0) is 30.8 Å². The highest BCUT2D eigenvalue weighted by atomic mass is 32.2. The predicted octanol–water partition coefficient (Wildman–Crippen LogP) is -0.254. The van der Waals surface area contributed by atoms with Gasteiger partial charge in [0.2, 0.25) is 0 Å². The van der Waals surface area contributed by atoms with Crippen molar-refractivity contribution in [2.75, 3.05) is 5.75 Å².